The smallest absolute Gasteiger partial charge is 0.446 e. The van der Waals surface area contributed by atoms with Crippen LogP contribution in [0.15, 0.2) is 35.6 Å². The van der Waals surface area contributed by atoms with Crippen LogP contribution in [-0.2, 0) is 0 Å². The van der Waals surface area contributed by atoms with E-state index in [9.17, 15) is 18.4 Å². The second-order valence-corrected chi connectivity index (χ2v) is 6.77. The molecule has 0 aliphatic carbocycles. The molecule has 3 rings (SSSR count). The van der Waals surface area contributed by atoms with Crippen LogP contribution >= 0.6 is 27.7 Å². The van der Waals surface area contributed by atoms with Crippen LogP contribution in [0.2, 0.25) is 0 Å². The molecule has 10 nitrogen and oxygen atoms in total. The van der Waals surface area contributed by atoms with Gasteiger partial charge >= 0.3 is 11.8 Å². The van der Waals surface area contributed by atoms with E-state index in [-0.39, 0.29) is 39.0 Å². The highest BCUT2D eigenvalue weighted by molar-refractivity contribution is 9.10. The van der Waals surface area contributed by atoms with Gasteiger partial charge in [-0.3, -0.25) is 4.52 Å². The maximum absolute atomic E-state index is 13.7. The fraction of sp³-hybridized carbons (Fsp3) is 0.154. The van der Waals surface area contributed by atoms with Crippen molar-refractivity contribution in [3.05, 3.63) is 38.8 Å². The number of amides is 1. The summed E-state index contributed by atoms with van der Waals surface area (Å²) >= 11 is 3.94. The van der Waals surface area contributed by atoms with Crippen molar-refractivity contribution in [1.29, 1.82) is 0 Å². The van der Waals surface area contributed by atoms with Crippen LogP contribution in [0.5, 0.6) is 0 Å². The predicted octanol–water partition coefficient (Wildman–Crippen LogP) is 2.28. The zero-order valence-corrected chi connectivity index (χ0v) is 15.4. The topological polar surface area (TPSA) is 136 Å². The Kier molecular flexibility index (Phi) is 5.55. The van der Waals surface area contributed by atoms with Gasteiger partial charge in [-0.05, 0) is 32.3 Å². The van der Waals surface area contributed by atoms with Gasteiger partial charge in [0.2, 0.25) is 5.82 Å². The molecular formula is C13H8BrF2N5O5S. The number of nitrogens with one attached hydrogen (secondary N) is 1. The molecule has 0 spiro atoms. The average molecular weight is 464 g/mol. The number of benzene rings is 1. The SMILES string of the molecule is O=C(O)NCCSc1nonc1-c1noc(=O)n1-c1cc(F)c(F)c(Br)c1. The summed E-state index contributed by atoms with van der Waals surface area (Å²) in [6.45, 7) is 0.119. The lowest BCUT2D eigenvalue weighted by Crippen LogP contribution is -2.23. The lowest BCUT2D eigenvalue weighted by molar-refractivity contribution is 0.195. The van der Waals surface area contributed by atoms with E-state index in [4.69, 9.17) is 5.11 Å². The van der Waals surface area contributed by atoms with Gasteiger partial charge in [-0.15, -0.1) is 0 Å². The number of halogens is 3. The molecule has 14 heteroatoms. The number of thioether (sulfide) groups is 1. The second kappa shape index (κ2) is 7.87. The van der Waals surface area contributed by atoms with Crippen molar-refractivity contribution in [3.8, 4) is 17.2 Å². The van der Waals surface area contributed by atoms with Crippen LogP contribution in [0.3, 0.4) is 0 Å². The first-order chi connectivity index (χ1) is 12.9. The van der Waals surface area contributed by atoms with E-state index in [2.05, 4.69) is 45.9 Å². The quantitative estimate of drug-likeness (QED) is 0.320. The van der Waals surface area contributed by atoms with Gasteiger partial charge in [-0.25, -0.2) is 27.6 Å². The minimum atomic E-state index is -1.19. The van der Waals surface area contributed by atoms with Gasteiger partial charge in [0, 0.05) is 18.4 Å². The maximum Gasteiger partial charge on any atom is 0.446 e. The third-order valence-corrected chi connectivity index (χ3v) is 4.65. The van der Waals surface area contributed by atoms with E-state index in [1.54, 1.807) is 0 Å². The second-order valence-electron chi connectivity index (χ2n) is 4.83. The summed E-state index contributed by atoms with van der Waals surface area (Å²) in [6, 6.07) is 1.96. The van der Waals surface area contributed by atoms with Crippen molar-refractivity contribution in [2.24, 2.45) is 0 Å². The minimum Gasteiger partial charge on any atom is -0.465 e. The molecule has 0 unspecified atom stereocenters. The zero-order valence-electron chi connectivity index (χ0n) is 13.0. The van der Waals surface area contributed by atoms with Crippen LogP contribution in [0.4, 0.5) is 13.6 Å². The van der Waals surface area contributed by atoms with Gasteiger partial charge in [0.15, 0.2) is 22.4 Å². The van der Waals surface area contributed by atoms with Crippen molar-refractivity contribution in [3.63, 3.8) is 0 Å². The number of hydrogen-bond donors (Lipinski definition) is 2. The van der Waals surface area contributed by atoms with Gasteiger partial charge in [0.1, 0.15) is 0 Å². The Morgan fingerprint density at radius 1 is 1.33 bits per heavy atom. The number of nitrogens with zero attached hydrogens (tertiary/aromatic N) is 4. The number of carboxylic acid groups (broad SMARTS) is 1. The predicted molar refractivity (Wildman–Crippen MR) is 89.8 cm³/mol. The number of carbonyl (C=O) groups is 1. The summed E-state index contributed by atoms with van der Waals surface area (Å²) in [5.41, 5.74) is -0.0458. The molecule has 0 saturated heterocycles. The molecule has 0 radical (unpaired) electrons. The van der Waals surface area contributed by atoms with Gasteiger partial charge < -0.3 is 10.4 Å². The summed E-state index contributed by atoms with van der Waals surface area (Å²) in [6.07, 6.45) is -1.18. The van der Waals surface area contributed by atoms with E-state index >= 15 is 0 Å². The average Bonchev–Trinajstić information content (AvgIpc) is 3.22. The molecule has 3 aromatic rings. The van der Waals surface area contributed by atoms with Gasteiger partial charge in [0.25, 0.3) is 0 Å². The third-order valence-electron chi connectivity index (χ3n) is 3.12. The van der Waals surface area contributed by atoms with E-state index < -0.39 is 23.5 Å². The monoisotopic (exact) mass is 463 g/mol. The fourth-order valence-corrected chi connectivity index (χ4v) is 3.19. The summed E-state index contributed by atoms with van der Waals surface area (Å²) < 4.78 is 37.1. The molecule has 0 saturated carbocycles. The zero-order chi connectivity index (χ0) is 19.6. The Bertz CT molecular complexity index is 1030. The van der Waals surface area contributed by atoms with E-state index in [1.165, 1.54) is 0 Å². The van der Waals surface area contributed by atoms with Gasteiger partial charge in [-0.2, -0.15) is 0 Å². The molecule has 1 aromatic carbocycles. The van der Waals surface area contributed by atoms with Crippen molar-refractivity contribution in [1.82, 2.24) is 25.4 Å². The van der Waals surface area contributed by atoms with Crippen LogP contribution in [-0.4, -0.2) is 43.5 Å². The Hall–Kier alpha value is -2.74. The largest absolute Gasteiger partial charge is 0.465 e. The first-order valence-electron chi connectivity index (χ1n) is 7.04. The number of hydrogen-bond acceptors (Lipinski definition) is 8. The molecule has 27 heavy (non-hydrogen) atoms. The van der Waals surface area contributed by atoms with Gasteiger partial charge in [0.05, 0.1) is 10.2 Å². The van der Waals surface area contributed by atoms with Crippen LogP contribution in [0, 0.1) is 11.6 Å². The molecule has 0 atom stereocenters. The van der Waals surface area contributed by atoms with E-state index in [0.717, 1.165) is 28.5 Å². The van der Waals surface area contributed by atoms with Crippen LogP contribution in [0.1, 0.15) is 0 Å². The van der Waals surface area contributed by atoms with Crippen LogP contribution in [0.25, 0.3) is 17.2 Å². The Balaban J connectivity index is 1.96. The molecule has 2 heterocycles. The standard InChI is InChI=1S/C13H8BrF2N5O5S/c14-6-3-5(4-7(15)8(6)16)21-10(19-25-13(21)24)9-11(20-26-18-9)27-2-1-17-12(22)23/h3-4,17H,1-2H2,(H,22,23). The third kappa shape index (κ3) is 4.00. The highest BCUT2D eigenvalue weighted by Gasteiger charge is 2.24. The maximum atomic E-state index is 13.7. The van der Waals surface area contributed by atoms with E-state index in [1.807, 2.05) is 0 Å². The highest BCUT2D eigenvalue weighted by Crippen LogP contribution is 2.29. The molecular weight excluding hydrogens is 456 g/mol. The summed E-state index contributed by atoms with van der Waals surface area (Å²) in [5, 5.41) is 21.8. The lowest BCUT2D eigenvalue weighted by atomic mass is 10.3. The Morgan fingerprint density at radius 2 is 2.11 bits per heavy atom. The molecule has 1 amide bonds. The fourth-order valence-electron chi connectivity index (χ4n) is 2.02. The van der Waals surface area contributed by atoms with Crippen molar-refractivity contribution in [2.45, 2.75) is 5.03 Å². The normalized spacial score (nSPS) is 10.9. The van der Waals surface area contributed by atoms with Crippen molar-refractivity contribution in [2.75, 3.05) is 12.3 Å². The highest BCUT2D eigenvalue weighted by atomic mass is 79.9. The Morgan fingerprint density at radius 3 is 2.81 bits per heavy atom. The van der Waals surface area contributed by atoms with Crippen LogP contribution < -0.4 is 11.1 Å². The molecule has 0 fully saturated rings. The summed E-state index contributed by atoms with van der Waals surface area (Å²) in [7, 11) is 0. The van der Waals surface area contributed by atoms with E-state index in [0.29, 0.717) is 0 Å². The molecule has 0 bridgehead atoms. The summed E-state index contributed by atoms with van der Waals surface area (Å²) in [5.74, 6) is -3.13. The molecule has 0 aliphatic rings. The van der Waals surface area contributed by atoms with Crippen molar-refractivity contribution >= 4 is 33.8 Å². The van der Waals surface area contributed by atoms with Gasteiger partial charge in [-0.1, -0.05) is 16.9 Å². The first kappa shape index (κ1) is 19.0. The molecule has 0 aliphatic heterocycles. The number of rotatable bonds is 6. The first-order valence-corrected chi connectivity index (χ1v) is 8.82. The Labute approximate surface area is 160 Å². The molecule has 2 aromatic heterocycles. The summed E-state index contributed by atoms with van der Waals surface area (Å²) in [4.78, 5) is 22.5. The minimum absolute atomic E-state index is 0.0158. The number of aromatic nitrogens is 4. The van der Waals surface area contributed by atoms with Crippen molar-refractivity contribution < 1.29 is 27.8 Å². The molecule has 142 valence electrons. The molecule has 2 N–H and O–H groups in total. The lowest BCUT2D eigenvalue weighted by Gasteiger charge is -2.05.